The van der Waals surface area contributed by atoms with E-state index in [0.29, 0.717) is 22.8 Å². The predicted octanol–water partition coefficient (Wildman–Crippen LogP) is 3.89. The van der Waals surface area contributed by atoms with Gasteiger partial charge in [-0.15, -0.1) is 0 Å². The Kier molecular flexibility index (Phi) is 3.44. The molecule has 2 N–H and O–H groups in total. The average molecular weight is 352 g/mol. The largest absolute Gasteiger partial charge is 0.399 e. The summed E-state index contributed by atoms with van der Waals surface area (Å²) >= 11 is 9.50. The van der Waals surface area contributed by atoms with Gasteiger partial charge in [0.1, 0.15) is 0 Å². The van der Waals surface area contributed by atoms with E-state index in [9.17, 15) is 4.79 Å². The third-order valence-electron chi connectivity index (χ3n) is 3.41. The first-order chi connectivity index (χ1) is 9.56. The quantitative estimate of drug-likeness (QED) is 0.792. The van der Waals surface area contributed by atoms with Crippen LogP contribution in [0.4, 0.5) is 11.4 Å². The molecule has 1 heterocycles. The molecule has 1 aliphatic heterocycles. The fourth-order valence-corrected chi connectivity index (χ4v) is 3.17. The summed E-state index contributed by atoms with van der Waals surface area (Å²) in [6.07, 6.45) is 0.843. The number of anilines is 2. The second-order valence-electron chi connectivity index (χ2n) is 4.72. The number of fused-ring (bicyclic) bond motifs is 1. The van der Waals surface area contributed by atoms with Crippen LogP contribution in [-0.4, -0.2) is 12.5 Å². The van der Waals surface area contributed by atoms with Crippen molar-refractivity contribution in [2.45, 2.75) is 6.42 Å². The van der Waals surface area contributed by atoms with Gasteiger partial charge in [-0.05, 0) is 42.3 Å². The van der Waals surface area contributed by atoms with E-state index in [1.807, 2.05) is 24.3 Å². The zero-order valence-corrected chi connectivity index (χ0v) is 12.9. The van der Waals surface area contributed by atoms with Gasteiger partial charge in [-0.3, -0.25) is 4.79 Å². The van der Waals surface area contributed by atoms with Crippen molar-refractivity contribution in [2.75, 3.05) is 17.2 Å². The molecule has 0 atom stereocenters. The van der Waals surface area contributed by atoms with Gasteiger partial charge in [0.2, 0.25) is 0 Å². The SMILES string of the molecule is Nc1ccc2c(c1)N(C(=O)c1ccc(Br)cc1Cl)CC2. The number of halogens is 2. The van der Waals surface area contributed by atoms with Crippen molar-refractivity contribution in [1.29, 1.82) is 0 Å². The summed E-state index contributed by atoms with van der Waals surface area (Å²) in [5, 5.41) is 0.446. The zero-order valence-electron chi connectivity index (χ0n) is 10.6. The van der Waals surface area contributed by atoms with Gasteiger partial charge < -0.3 is 10.6 Å². The highest BCUT2D eigenvalue weighted by molar-refractivity contribution is 9.10. The van der Waals surface area contributed by atoms with Gasteiger partial charge in [-0.2, -0.15) is 0 Å². The highest BCUT2D eigenvalue weighted by Crippen LogP contribution is 2.32. The standard InChI is InChI=1S/C15H12BrClN2O/c16-10-2-4-12(13(17)7-10)15(20)19-6-5-9-1-3-11(18)8-14(9)19/h1-4,7-8H,5-6,18H2. The second-order valence-corrected chi connectivity index (χ2v) is 6.04. The Morgan fingerprint density at radius 2 is 2.05 bits per heavy atom. The van der Waals surface area contributed by atoms with Gasteiger partial charge >= 0.3 is 0 Å². The molecule has 102 valence electrons. The molecule has 1 aliphatic rings. The Morgan fingerprint density at radius 1 is 1.25 bits per heavy atom. The number of carbonyl (C=O) groups is 1. The fourth-order valence-electron chi connectivity index (χ4n) is 2.42. The van der Waals surface area contributed by atoms with E-state index in [1.54, 1.807) is 17.0 Å². The second kappa shape index (κ2) is 5.11. The smallest absolute Gasteiger partial charge is 0.259 e. The molecule has 0 aromatic heterocycles. The molecule has 5 heteroatoms. The Bertz CT molecular complexity index is 702. The minimum absolute atomic E-state index is 0.0909. The van der Waals surface area contributed by atoms with E-state index in [2.05, 4.69) is 15.9 Å². The fraction of sp³-hybridized carbons (Fsp3) is 0.133. The summed E-state index contributed by atoms with van der Waals surface area (Å²) in [5.74, 6) is -0.0909. The van der Waals surface area contributed by atoms with Gasteiger partial charge in [-0.1, -0.05) is 33.6 Å². The van der Waals surface area contributed by atoms with Crippen molar-refractivity contribution in [3.05, 3.63) is 57.0 Å². The van der Waals surface area contributed by atoms with E-state index in [-0.39, 0.29) is 5.91 Å². The number of rotatable bonds is 1. The lowest BCUT2D eigenvalue weighted by Crippen LogP contribution is -2.29. The summed E-state index contributed by atoms with van der Waals surface area (Å²) < 4.78 is 0.852. The third-order valence-corrected chi connectivity index (χ3v) is 4.22. The van der Waals surface area contributed by atoms with Crippen LogP contribution in [-0.2, 0) is 6.42 Å². The van der Waals surface area contributed by atoms with Crippen molar-refractivity contribution in [3.63, 3.8) is 0 Å². The Morgan fingerprint density at radius 3 is 2.80 bits per heavy atom. The highest BCUT2D eigenvalue weighted by atomic mass is 79.9. The van der Waals surface area contributed by atoms with Crippen LogP contribution in [0.3, 0.4) is 0 Å². The number of amides is 1. The van der Waals surface area contributed by atoms with E-state index in [1.165, 1.54) is 0 Å². The van der Waals surface area contributed by atoms with Crippen molar-refractivity contribution >= 4 is 44.8 Å². The number of nitrogens with zero attached hydrogens (tertiary/aromatic N) is 1. The van der Waals surface area contributed by atoms with Crippen LogP contribution in [0.1, 0.15) is 15.9 Å². The molecule has 0 fully saturated rings. The van der Waals surface area contributed by atoms with Gasteiger partial charge in [0.05, 0.1) is 10.6 Å². The van der Waals surface area contributed by atoms with Crippen molar-refractivity contribution in [2.24, 2.45) is 0 Å². The number of carbonyl (C=O) groups excluding carboxylic acids is 1. The summed E-state index contributed by atoms with van der Waals surface area (Å²) in [5.41, 5.74) is 9.00. The van der Waals surface area contributed by atoms with Gasteiger partial charge in [0.15, 0.2) is 0 Å². The molecule has 0 radical (unpaired) electrons. The Labute approximate surface area is 130 Å². The first-order valence-corrected chi connectivity index (χ1v) is 7.38. The maximum atomic E-state index is 12.6. The van der Waals surface area contributed by atoms with Crippen LogP contribution in [0.15, 0.2) is 40.9 Å². The van der Waals surface area contributed by atoms with Gasteiger partial charge in [-0.25, -0.2) is 0 Å². The lowest BCUT2D eigenvalue weighted by atomic mass is 10.1. The van der Waals surface area contributed by atoms with Crippen LogP contribution in [0.2, 0.25) is 5.02 Å². The number of nitrogen functional groups attached to an aromatic ring is 1. The molecule has 20 heavy (non-hydrogen) atoms. The minimum atomic E-state index is -0.0909. The number of hydrogen-bond donors (Lipinski definition) is 1. The van der Waals surface area contributed by atoms with E-state index in [0.717, 1.165) is 22.1 Å². The summed E-state index contributed by atoms with van der Waals surface area (Å²) in [6.45, 7) is 0.657. The van der Waals surface area contributed by atoms with E-state index >= 15 is 0 Å². The summed E-state index contributed by atoms with van der Waals surface area (Å²) in [6, 6.07) is 11.0. The monoisotopic (exact) mass is 350 g/mol. The number of hydrogen-bond acceptors (Lipinski definition) is 2. The molecule has 0 bridgehead atoms. The molecule has 3 rings (SSSR count). The first kappa shape index (κ1) is 13.5. The van der Waals surface area contributed by atoms with Crippen molar-refractivity contribution in [3.8, 4) is 0 Å². The van der Waals surface area contributed by atoms with Crippen LogP contribution in [0, 0.1) is 0 Å². The topological polar surface area (TPSA) is 46.3 Å². The van der Waals surface area contributed by atoms with Crippen molar-refractivity contribution < 1.29 is 4.79 Å². The molecule has 2 aromatic rings. The molecule has 0 unspecified atom stereocenters. The van der Waals surface area contributed by atoms with Crippen LogP contribution < -0.4 is 10.6 Å². The van der Waals surface area contributed by atoms with Crippen LogP contribution in [0.5, 0.6) is 0 Å². The molecular formula is C15H12BrClN2O. The lowest BCUT2D eigenvalue weighted by molar-refractivity contribution is 0.0989. The zero-order chi connectivity index (χ0) is 14.3. The summed E-state index contributed by atoms with van der Waals surface area (Å²) in [7, 11) is 0. The molecule has 1 amide bonds. The highest BCUT2D eigenvalue weighted by Gasteiger charge is 2.26. The molecule has 0 saturated heterocycles. The molecule has 0 spiro atoms. The minimum Gasteiger partial charge on any atom is -0.399 e. The molecule has 2 aromatic carbocycles. The molecular weight excluding hydrogens is 340 g/mol. The number of nitrogens with two attached hydrogens (primary N) is 1. The van der Waals surface area contributed by atoms with Gasteiger partial charge in [0.25, 0.3) is 5.91 Å². The first-order valence-electron chi connectivity index (χ1n) is 6.21. The van der Waals surface area contributed by atoms with Crippen LogP contribution in [0.25, 0.3) is 0 Å². The van der Waals surface area contributed by atoms with Crippen LogP contribution >= 0.6 is 27.5 Å². The predicted molar refractivity (Wildman–Crippen MR) is 85.4 cm³/mol. The maximum Gasteiger partial charge on any atom is 0.259 e. The normalized spacial score (nSPS) is 13.4. The van der Waals surface area contributed by atoms with Gasteiger partial charge in [0, 0.05) is 22.4 Å². The Hall–Kier alpha value is -1.52. The number of benzene rings is 2. The van der Waals surface area contributed by atoms with Crippen molar-refractivity contribution in [1.82, 2.24) is 0 Å². The Balaban J connectivity index is 1.99. The average Bonchev–Trinajstić information content (AvgIpc) is 2.81. The van der Waals surface area contributed by atoms with E-state index < -0.39 is 0 Å². The molecule has 0 saturated carbocycles. The summed E-state index contributed by atoms with van der Waals surface area (Å²) in [4.78, 5) is 14.4. The molecule has 0 aliphatic carbocycles. The third kappa shape index (κ3) is 2.30. The lowest BCUT2D eigenvalue weighted by Gasteiger charge is -2.18. The maximum absolute atomic E-state index is 12.6. The van der Waals surface area contributed by atoms with E-state index in [4.69, 9.17) is 17.3 Å². The molecule has 3 nitrogen and oxygen atoms in total.